The highest BCUT2D eigenvalue weighted by molar-refractivity contribution is 7.09. The number of thiazole rings is 1. The minimum absolute atomic E-state index is 0.0722. The highest BCUT2D eigenvalue weighted by Gasteiger charge is 2.18. The van der Waals surface area contributed by atoms with Crippen molar-refractivity contribution in [3.63, 3.8) is 0 Å². The molecule has 162 valence electrons. The Morgan fingerprint density at radius 1 is 1.13 bits per heavy atom. The van der Waals surface area contributed by atoms with Gasteiger partial charge in [0.05, 0.1) is 23.5 Å². The first-order valence-corrected chi connectivity index (χ1v) is 11.5. The molecule has 3 aromatic rings. The van der Waals surface area contributed by atoms with Crippen LogP contribution in [0.2, 0.25) is 5.02 Å². The number of hydrogen-bond acceptors (Lipinski definition) is 6. The Balaban J connectivity index is 1.33. The molecule has 8 heteroatoms. The van der Waals surface area contributed by atoms with Crippen molar-refractivity contribution < 1.29 is 9.53 Å². The Kier molecular flexibility index (Phi) is 7.06. The summed E-state index contributed by atoms with van der Waals surface area (Å²) < 4.78 is 5.73. The second kappa shape index (κ2) is 10.1. The van der Waals surface area contributed by atoms with E-state index >= 15 is 0 Å². The lowest BCUT2D eigenvalue weighted by Crippen LogP contribution is -2.44. The number of piperazine rings is 1. The van der Waals surface area contributed by atoms with Gasteiger partial charge in [-0.2, -0.15) is 0 Å². The summed E-state index contributed by atoms with van der Waals surface area (Å²) >= 11 is 7.38. The number of anilines is 2. The summed E-state index contributed by atoms with van der Waals surface area (Å²) in [4.78, 5) is 21.8. The average molecular weight is 457 g/mol. The molecule has 1 aromatic heterocycles. The molecule has 1 aliphatic rings. The van der Waals surface area contributed by atoms with Gasteiger partial charge in [-0.25, -0.2) is 4.98 Å². The van der Waals surface area contributed by atoms with Crippen molar-refractivity contribution in [1.82, 2.24) is 9.88 Å². The fraction of sp³-hybridized carbons (Fsp3) is 0.304. The minimum atomic E-state index is -0.0722. The maximum Gasteiger partial charge on any atom is 0.230 e. The van der Waals surface area contributed by atoms with E-state index in [1.807, 2.05) is 35.7 Å². The third kappa shape index (κ3) is 5.97. The first-order valence-electron chi connectivity index (χ1n) is 10.2. The fourth-order valence-corrected chi connectivity index (χ4v) is 4.26. The molecule has 1 amide bonds. The van der Waals surface area contributed by atoms with Crippen molar-refractivity contribution in [3.8, 4) is 5.75 Å². The third-order valence-corrected chi connectivity index (χ3v) is 6.26. The molecule has 0 radical (unpaired) electrons. The van der Waals surface area contributed by atoms with Gasteiger partial charge in [0.25, 0.3) is 0 Å². The van der Waals surface area contributed by atoms with Crippen LogP contribution in [0.4, 0.5) is 11.4 Å². The molecule has 2 aromatic carbocycles. The number of ether oxygens (including phenoxy) is 1. The molecule has 0 atom stereocenters. The molecule has 6 nitrogen and oxygen atoms in total. The zero-order chi connectivity index (χ0) is 21.6. The van der Waals surface area contributed by atoms with E-state index in [0.717, 1.165) is 54.0 Å². The molecule has 1 N–H and O–H groups in total. The number of halogens is 1. The van der Waals surface area contributed by atoms with E-state index in [1.54, 1.807) is 12.1 Å². The molecule has 1 fully saturated rings. The molecule has 31 heavy (non-hydrogen) atoms. The van der Waals surface area contributed by atoms with Gasteiger partial charge in [-0.15, -0.1) is 11.3 Å². The Labute approximate surface area is 191 Å². The van der Waals surface area contributed by atoms with E-state index in [9.17, 15) is 4.79 Å². The lowest BCUT2D eigenvalue weighted by atomic mass is 10.2. The van der Waals surface area contributed by atoms with Gasteiger partial charge in [0.1, 0.15) is 17.4 Å². The molecule has 0 unspecified atom stereocenters. The second-order valence-corrected chi connectivity index (χ2v) is 8.89. The molecule has 4 rings (SSSR count). The van der Waals surface area contributed by atoms with Gasteiger partial charge >= 0.3 is 0 Å². The van der Waals surface area contributed by atoms with E-state index in [-0.39, 0.29) is 12.3 Å². The molecule has 0 spiro atoms. The number of para-hydroxylation sites is 2. The zero-order valence-electron chi connectivity index (χ0n) is 17.4. The van der Waals surface area contributed by atoms with Crippen LogP contribution in [-0.2, 0) is 17.8 Å². The van der Waals surface area contributed by atoms with Gasteiger partial charge in [-0.05, 0) is 43.4 Å². The van der Waals surface area contributed by atoms with Gasteiger partial charge in [0.15, 0.2) is 0 Å². The van der Waals surface area contributed by atoms with E-state index < -0.39 is 0 Å². The monoisotopic (exact) mass is 456 g/mol. The first kappa shape index (κ1) is 21.6. The molecular weight excluding hydrogens is 432 g/mol. The number of amides is 1. The molecule has 0 aliphatic carbocycles. The van der Waals surface area contributed by atoms with Crippen LogP contribution in [0, 0.1) is 0 Å². The zero-order valence-corrected chi connectivity index (χ0v) is 19.0. The number of nitrogens with zero attached hydrogens (tertiary/aromatic N) is 3. The van der Waals surface area contributed by atoms with E-state index in [4.69, 9.17) is 16.3 Å². The maximum atomic E-state index is 12.7. The molecule has 2 heterocycles. The molecule has 1 saturated heterocycles. The predicted molar refractivity (Wildman–Crippen MR) is 126 cm³/mol. The molecule has 1 aliphatic heterocycles. The van der Waals surface area contributed by atoms with Gasteiger partial charge in [-0.1, -0.05) is 23.7 Å². The van der Waals surface area contributed by atoms with Gasteiger partial charge in [0.2, 0.25) is 5.91 Å². The summed E-state index contributed by atoms with van der Waals surface area (Å²) in [7, 11) is 2.13. The van der Waals surface area contributed by atoms with Gasteiger partial charge < -0.3 is 19.9 Å². The Morgan fingerprint density at radius 2 is 1.87 bits per heavy atom. The van der Waals surface area contributed by atoms with Crippen LogP contribution in [-0.4, -0.2) is 49.0 Å². The van der Waals surface area contributed by atoms with Crippen LogP contribution < -0.4 is 15.0 Å². The van der Waals surface area contributed by atoms with Crippen LogP contribution >= 0.6 is 22.9 Å². The van der Waals surface area contributed by atoms with Crippen molar-refractivity contribution >= 4 is 40.2 Å². The lowest BCUT2D eigenvalue weighted by molar-refractivity contribution is -0.115. The third-order valence-electron chi connectivity index (χ3n) is 5.14. The van der Waals surface area contributed by atoms with Crippen molar-refractivity contribution in [1.29, 1.82) is 0 Å². The largest absolute Gasteiger partial charge is 0.486 e. The Bertz CT molecular complexity index is 1020. The summed E-state index contributed by atoms with van der Waals surface area (Å²) in [6, 6.07) is 15.2. The average Bonchev–Trinajstić information content (AvgIpc) is 3.21. The fourth-order valence-electron chi connectivity index (χ4n) is 3.43. The number of likely N-dealkylation sites (N-methyl/N-ethyl adjacent to an activating group) is 1. The highest BCUT2D eigenvalue weighted by Crippen LogP contribution is 2.27. The van der Waals surface area contributed by atoms with Crippen molar-refractivity contribution in [2.75, 3.05) is 43.4 Å². The number of aromatic nitrogens is 1. The highest BCUT2D eigenvalue weighted by atomic mass is 35.5. The van der Waals surface area contributed by atoms with Crippen molar-refractivity contribution in [2.24, 2.45) is 0 Å². The van der Waals surface area contributed by atoms with Crippen LogP contribution in [0.1, 0.15) is 10.7 Å². The summed E-state index contributed by atoms with van der Waals surface area (Å²) in [6.07, 6.45) is 0.231. The number of carbonyl (C=O) groups excluding carboxylic acids is 1. The van der Waals surface area contributed by atoms with Crippen LogP contribution in [0.25, 0.3) is 0 Å². The number of benzene rings is 2. The van der Waals surface area contributed by atoms with Crippen LogP contribution in [0.15, 0.2) is 53.9 Å². The summed E-state index contributed by atoms with van der Waals surface area (Å²) in [5.41, 5.74) is 2.66. The van der Waals surface area contributed by atoms with Crippen molar-refractivity contribution in [2.45, 2.75) is 13.0 Å². The standard InChI is InChI=1S/C23H25ClN4O2S/c1-27-10-12-28(13-11-27)21-5-3-2-4-20(21)26-22(29)14-18-16-31-23(25-18)15-30-19-8-6-17(24)7-9-19/h2-9,16H,10-15H2,1H3,(H,26,29). The maximum absolute atomic E-state index is 12.7. The smallest absolute Gasteiger partial charge is 0.230 e. The first-order chi connectivity index (χ1) is 15.1. The van der Waals surface area contributed by atoms with Crippen LogP contribution in [0.5, 0.6) is 5.75 Å². The Morgan fingerprint density at radius 3 is 2.65 bits per heavy atom. The van der Waals surface area contributed by atoms with E-state index in [1.165, 1.54) is 11.3 Å². The quantitative estimate of drug-likeness (QED) is 0.574. The predicted octanol–water partition coefficient (Wildman–Crippen LogP) is 4.31. The normalized spacial score (nSPS) is 14.5. The second-order valence-electron chi connectivity index (χ2n) is 7.51. The summed E-state index contributed by atoms with van der Waals surface area (Å²) in [6.45, 7) is 4.29. The SMILES string of the molecule is CN1CCN(c2ccccc2NC(=O)Cc2csc(COc3ccc(Cl)cc3)n2)CC1. The molecular formula is C23H25ClN4O2S. The summed E-state index contributed by atoms with van der Waals surface area (Å²) in [5.74, 6) is 0.663. The van der Waals surface area contributed by atoms with Crippen LogP contribution in [0.3, 0.4) is 0 Å². The Hall–Kier alpha value is -2.61. The number of hydrogen-bond donors (Lipinski definition) is 1. The van der Waals surface area contributed by atoms with Crippen molar-refractivity contribution in [3.05, 3.63) is 69.6 Å². The van der Waals surface area contributed by atoms with Gasteiger partial charge in [-0.3, -0.25) is 4.79 Å². The van der Waals surface area contributed by atoms with E-state index in [2.05, 4.69) is 33.2 Å². The topological polar surface area (TPSA) is 57.7 Å². The molecule has 0 bridgehead atoms. The van der Waals surface area contributed by atoms with Gasteiger partial charge in [0, 0.05) is 36.6 Å². The lowest BCUT2D eigenvalue weighted by Gasteiger charge is -2.35. The molecule has 0 saturated carbocycles. The van der Waals surface area contributed by atoms with E-state index in [0.29, 0.717) is 11.6 Å². The number of rotatable bonds is 7. The minimum Gasteiger partial charge on any atom is -0.486 e. The number of nitrogens with one attached hydrogen (secondary N) is 1. The number of carbonyl (C=O) groups is 1. The summed E-state index contributed by atoms with van der Waals surface area (Å²) in [5, 5.41) is 6.48.